The summed E-state index contributed by atoms with van der Waals surface area (Å²) in [6.45, 7) is 1.69. The van der Waals surface area contributed by atoms with Crippen LogP contribution in [0.4, 0.5) is 11.4 Å². The second-order valence-electron chi connectivity index (χ2n) is 2.86. The number of rotatable bonds is 2. The molecule has 70 valence electrons. The van der Waals surface area contributed by atoms with Gasteiger partial charge in [0.25, 0.3) is 5.69 Å². The topological polar surface area (TPSA) is 95.2 Å². The van der Waals surface area contributed by atoms with Crippen molar-refractivity contribution in [3.05, 3.63) is 33.9 Å². The van der Waals surface area contributed by atoms with E-state index in [1.807, 2.05) is 0 Å². The predicted molar refractivity (Wildman–Crippen MR) is 50.1 cm³/mol. The summed E-state index contributed by atoms with van der Waals surface area (Å²) in [7, 11) is 0. The molecule has 5 nitrogen and oxygen atoms in total. The van der Waals surface area contributed by atoms with E-state index < -0.39 is 4.92 Å². The molecule has 1 atom stereocenters. The van der Waals surface area contributed by atoms with Crippen molar-refractivity contribution in [2.24, 2.45) is 5.73 Å². The zero-order valence-corrected chi connectivity index (χ0v) is 7.23. The van der Waals surface area contributed by atoms with Crippen LogP contribution in [-0.4, -0.2) is 4.92 Å². The van der Waals surface area contributed by atoms with Crippen LogP contribution < -0.4 is 11.5 Å². The van der Waals surface area contributed by atoms with Gasteiger partial charge in [0.1, 0.15) is 0 Å². The highest BCUT2D eigenvalue weighted by Crippen LogP contribution is 2.25. The zero-order chi connectivity index (χ0) is 10.0. The van der Waals surface area contributed by atoms with Gasteiger partial charge in [0.2, 0.25) is 0 Å². The first kappa shape index (κ1) is 9.47. The molecule has 0 aliphatic heterocycles. The minimum absolute atomic E-state index is 0.0185. The molecule has 1 aromatic rings. The fourth-order valence-electron chi connectivity index (χ4n) is 1.10. The molecule has 0 radical (unpaired) electrons. The molecule has 0 fully saturated rings. The molecule has 0 heterocycles. The average molecular weight is 181 g/mol. The van der Waals surface area contributed by atoms with Crippen LogP contribution in [0.1, 0.15) is 18.5 Å². The lowest BCUT2D eigenvalue weighted by Gasteiger charge is -2.06. The lowest BCUT2D eigenvalue weighted by Crippen LogP contribution is -2.08. The molecule has 5 heteroatoms. The molecule has 1 aromatic carbocycles. The number of hydrogen-bond acceptors (Lipinski definition) is 4. The van der Waals surface area contributed by atoms with Crippen LogP contribution in [0.3, 0.4) is 0 Å². The maximum absolute atomic E-state index is 10.6. The monoisotopic (exact) mass is 181 g/mol. The zero-order valence-electron chi connectivity index (χ0n) is 7.23. The number of nitrogen functional groups attached to an aromatic ring is 1. The van der Waals surface area contributed by atoms with Gasteiger partial charge in [-0.25, -0.2) is 0 Å². The number of nitro groups is 1. The summed E-state index contributed by atoms with van der Waals surface area (Å²) in [5.74, 6) is 0. The average Bonchev–Trinajstić information content (AvgIpc) is 2.03. The van der Waals surface area contributed by atoms with Gasteiger partial charge in [0, 0.05) is 23.4 Å². The summed E-state index contributed by atoms with van der Waals surface area (Å²) in [5.41, 5.74) is 11.8. The van der Waals surface area contributed by atoms with Crippen LogP contribution in [0.2, 0.25) is 0 Å². The Bertz CT molecular complexity index is 336. The van der Waals surface area contributed by atoms with Gasteiger partial charge < -0.3 is 11.5 Å². The van der Waals surface area contributed by atoms with Gasteiger partial charge in [-0.2, -0.15) is 0 Å². The number of benzene rings is 1. The van der Waals surface area contributed by atoms with Crippen molar-refractivity contribution < 1.29 is 4.92 Å². The normalized spacial score (nSPS) is 12.5. The van der Waals surface area contributed by atoms with Crippen LogP contribution in [0.15, 0.2) is 18.2 Å². The Kier molecular flexibility index (Phi) is 2.48. The van der Waals surface area contributed by atoms with Crippen LogP contribution in [-0.2, 0) is 0 Å². The Labute approximate surface area is 75.5 Å². The van der Waals surface area contributed by atoms with E-state index in [1.54, 1.807) is 19.1 Å². The molecule has 4 N–H and O–H groups in total. The van der Waals surface area contributed by atoms with E-state index in [9.17, 15) is 10.1 Å². The second-order valence-corrected chi connectivity index (χ2v) is 2.86. The first-order valence-corrected chi connectivity index (χ1v) is 3.81. The van der Waals surface area contributed by atoms with Crippen LogP contribution in [0, 0.1) is 10.1 Å². The summed E-state index contributed by atoms with van der Waals surface area (Å²) >= 11 is 0. The summed E-state index contributed by atoms with van der Waals surface area (Å²) in [4.78, 5) is 10.1. The van der Waals surface area contributed by atoms with Crippen molar-refractivity contribution in [1.29, 1.82) is 0 Å². The molecule has 0 aromatic heterocycles. The van der Waals surface area contributed by atoms with Gasteiger partial charge in [-0.3, -0.25) is 10.1 Å². The van der Waals surface area contributed by atoms with E-state index in [4.69, 9.17) is 11.5 Å². The van der Waals surface area contributed by atoms with Gasteiger partial charge in [-0.05, 0) is 19.1 Å². The molecular weight excluding hydrogens is 170 g/mol. The standard InChI is InChI=1S/C8H11N3O2/c1-5(9)7-3-2-6(10)4-8(7)11(12)13/h2-5H,9-10H2,1H3/t5-/m1/s1. The minimum Gasteiger partial charge on any atom is -0.399 e. The van der Waals surface area contributed by atoms with E-state index in [0.29, 0.717) is 11.3 Å². The predicted octanol–water partition coefficient (Wildman–Crippen LogP) is 1.20. The largest absolute Gasteiger partial charge is 0.399 e. The molecule has 0 amide bonds. The Balaban J connectivity index is 3.27. The van der Waals surface area contributed by atoms with Crippen molar-refractivity contribution in [2.75, 3.05) is 5.73 Å². The Morgan fingerprint density at radius 1 is 1.54 bits per heavy atom. The number of nitrogens with zero attached hydrogens (tertiary/aromatic N) is 1. The lowest BCUT2D eigenvalue weighted by molar-refractivity contribution is -0.385. The van der Waals surface area contributed by atoms with Gasteiger partial charge in [0.05, 0.1) is 4.92 Å². The van der Waals surface area contributed by atoms with Crippen LogP contribution in [0.5, 0.6) is 0 Å². The Hall–Kier alpha value is -1.62. The summed E-state index contributed by atoms with van der Waals surface area (Å²) < 4.78 is 0. The van der Waals surface area contributed by atoms with E-state index in [-0.39, 0.29) is 11.7 Å². The number of anilines is 1. The SMILES string of the molecule is C[C@@H](N)c1ccc(N)cc1[N+](=O)[O-]. The van der Waals surface area contributed by atoms with Gasteiger partial charge in [0.15, 0.2) is 0 Å². The summed E-state index contributed by atoms with van der Waals surface area (Å²) in [6, 6.07) is 4.14. The summed E-state index contributed by atoms with van der Waals surface area (Å²) in [6.07, 6.45) is 0. The third-order valence-corrected chi connectivity index (χ3v) is 1.74. The molecule has 0 bridgehead atoms. The number of nitro benzene ring substituents is 1. The fraction of sp³-hybridized carbons (Fsp3) is 0.250. The quantitative estimate of drug-likeness (QED) is 0.407. The van der Waals surface area contributed by atoms with Gasteiger partial charge in [-0.15, -0.1) is 0 Å². The molecule has 0 spiro atoms. The van der Waals surface area contributed by atoms with E-state index >= 15 is 0 Å². The molecule has 1 rings (SSSR count). The van der Waals surface area contributed by atoms with Gasteiger partial charge in [-0.1, -0.05) is 0 Å². The van der Waals surface area contributed by atoms with E-state index in [2.05, 4.69) is 0 Å². The van der Waals surface area contributed by atoms with Crippen molar-refractivity contribution in [1.82, 2.24) is 0 Å². The second kappa shape index (κ2) is 3.40. The van der Waals surface area contributed by atoms with Crippen molar-refractivity contribution in [2.45, 2.75) is 13.0 Å². The minimum atomic E-state index is -0.477. The van der Waals surface area contributed by atoms with Gasteiger partial charge >= 0.3 is 0 Å². The first-order valence-electron chi connectivity index (χ1n) is 3.81. The molecule has 0 aliphatic rings. The highest BCUT2D eigenvalue weighted by molar-refractivity contribution is 5.53. The smallest absolute Gasteiger partial charge is 0.276 e. The molecule has 0 unspecified atom stereocenters. The Morgan fingerprint density at radius 3 is 2.62 bits per heavy atom. The van der Waals surface area contributed by atoms with Crippen molar-refractivity contribution in [3.8, 4) is 0 Å². The highest BCUT2D eigenvalue weighted by Gasteiger charge is 2.16. The van der Waals surface area contributed by atoms with Crippen molar-refractivity contribution in [3.63, 3.8) is 0 Å². The van der Waals surface area contributed by atoms with Crippen LogP contribution in [0.25, 0.3) is 0 Å². The van der Waals surface area contributed by atoms with E-state index in [0.717, 1.165) is 0 Å². The number of nitrogens with two attached hydrogens (primary N) is 2. The molecule has 0 saturated carbocycles. The van der Waals surface area contributed by atoms with E-state index in [1.165, 1.54) is 6.07 Å². The maximum atomic E-state index is 10.6. The Morgan fingerprint density at radius 2 is 2.15 bits per heavy atom. The first-order chi connectivity index (χ1) is 6.02. The molecule has 13 heavy (non-hydrogen) atoms. The number of hydrogen-bond donors (Lipinski definition) is 2. The lowest BCUT2D eigenvalue weighted by atomic mass is 10.1. The maximum Gasteiger partial charge on any atom is 0.276 e. The molecule has 0 saturated heterocycles. The third-order valence-electron chi connectivity index (χ3n) is 1.74. The molecular formula is C8H11N3O2. The fourth-order valence-corrected chi connectivity index (χ4v) is 1.10. The van der Waals surface area contributed by atoms with Crippen LogP contribution >= 0.6 is 0 Å². The highest BCUT2D eigenvalue weighted by atomic mass is 16.6. The summed E-state index contributed by atoms with van der Waals surface area (Å²) in [5, 5.41) is 10.6. The van der Waals surface area contributed by atoms with Crippen molar-refractivity contribution >= 4 is 11.4 Å². The molecule has 0 aliphatic carbocycles. The third kappa shape index (κ3) is 1.94.